The summed E-state index contributed by atoms with van der Waals surface area (Å²) in [6.07, 6.45) is 30.0. The lowest BCUT2D eigenvalue weighted by molar-refractivity contribution is 0.0731. The highest BCUT2D eigenvalue weighted by atomic mass is 19.1. The summed E-state index contributed by atoms with van der Waals surface area (Å²) in [6, 6.07) is 26.4. The van der Waals surface area contributed by atoms with Crippen LogP contribution in [-0.2, 0) is 0 Å². The van der Waals surface area contributed by atoms with E-state index in [-0.39, 0.29) is 34.1 Å². The molecule has 5 rings (SSSR count). The molecule has 0 bridgehead atoms. The molecule has 0 unspecified atom stereocenters. The second-order valence-corrected chi connectivity index (χ2v) is 18.9. The van der Waals surface area contributed by atoms with Gasteiger partial charge in [-0.25, -0.2) is 18.4 Å². The number of rotatable bonds is 36. The van der Waals surface area contributed by atoms with E-state index in [1.54, 1.807) is 91.9 Å². The molecule has 0 saturated heterocycles. The van der Waals surface area contributed by atoms with E-state index in [1.165, 1.54) is 147 Å². The molecular formula is C61H78F2N4O6. The van der Waals surface area contributed by atoms with Crippen molar-refractivity contribution in [2.45, 2.75) is 175 Å². The minimum Gasteiger partial charge on any atom is -0.491 e. The molecule has 0 aliphatic heterocycles. The monoisotopic (exact) mass is 1000 g/mol. The standard InChI is InChI=1S/C61H78F2N4O6/c1-4-6-8-10-12-14-16-18-20-22-24-26-42-70-57-40-37-52(44-55(57)62)66-64-50-33-29-48(30-34-50)60(68)72-54-39-28-47(3)59(46-54)73-61(69)49-31-35-51(36-32-49)65-67-53-38-41-58(56(63)45-53)71-43-27-25-23-21-19-17-15-13-11-9-7-5-2/h28-41,44-46H,4-27,42-43H2,1-3H3. The highest BCUT2D eigenvalue weighted by Gasteiger charge is 2.15. The predicted molar refractivity (Wildman–Crippen MR) is 288 cm³/mol. The maximum Gasteiger partial charge on any atom is 0.343 e. The van der Waals surface area contributed by atoms with Gasteiger partial charge in [0.25, 0.3) is 0 Å². The van der Waals surface area contributed by atoms with E-state index in [1.807, 2.05) is 0 Å². The molecule has 5 aromatic carbocycles. The van der Waals surface area contributed by atoms with Crippen molar-refractivity contribution in [2.75, 3.05) is 13.2 Å². The summed E-state index contributed by atoms with van der Waals surface area (Å²) in [5.41, 5.74) is 2.73. The van der Waals surface area contributed by atoms with Crippen LogP contribution in [-0.4, -0.2) is 25.2 Å². The van der Waals surface area contributed by atoms with Crippen molar-refractivity contribution in [1.29, 1.82) is 0 Å². The SMILES string of the molecule is CCCCCCCCCCCCCCOc1ccc(N=Nc2ccc(C(=O)Oc3ccc(C)c(OC(=O)c4ccc(N=Nc5ccc(OCCCCCCCCCCCCCC)c(F)c5)cc4)c3)cc2)cc1F. The van der Waals surface area contributed by atoms with Crippen LogP contribution >= 0.6 is 0 Å². The lowest BCUT2D eigenvalue weighted by Gasteiger charge is -2.10. The van der Waals surface area contributed by atoms with Crippen LogP contribution in [0.3, 0.4) is 0 Å². The van der Waals surface area contributed by atoms with Crippen molar-refractivity contribution >= 4 is 34.7 Å². The van der Waals surface area contributed by atoms with Crippen LogP contribution in [0.5, 0.6) is 23.0 Å². The number of carbonyl (C=O) groups is 2. The molecule has 0 atom stereocenters. The van der Waals surface area contributed by atoms with E-state index < -0.39 is 23.6 Å². The van der Waals surface area contributed by atoms with Gasteiger partial charge >= 0.3 is 11.9 Å². The largest absolute Gasteiger partial charge is 0.491 e. The van der Waals surface area contributed by atoms with Crippen molar-refractivity contribution in [1.82, 2.24) is 0 Å². The zero-order valence-corrected chi connectivity index (χ0v) is 43.7. The van der Waals surface area contributed by atoms with Gasteiger partial charge < -0.3 is 18.9 Å². The fraction of sp³-hybridized carbons (Fsp3) is 0.475. The number of carbonyl (C=O) groups excluding carboxylic acids is 2. The number of halogens is 2. The molecule has 10 nitrogen and oxygen atoms in total. The Labute approximate surface area is 433 Å². The molecule has 0 N–H and O–H groups in total. The third kappa shape index (κ3) is 22.6. The lowest BCUT2D eigenvalue weighted by Crippen LogP contribution is -2.11. The number of azo groups is 2. The summed E-state index contributed by atoms with van der Waals surface area (Å²) in [5.74, 6) is -1.48. The first kappa shape index (κ1) is 57.6. The molecule has 0 aliphatic rings. The summed E-state index contributed by atoms with van der Waals surface area (Å²) in [7, 11) is 0. The van der Waals surface area contributed by atoms with Gasteiger partial charge in [-0.3, -0.25) is 0 Å². The van der Waals surface area contributed by atoms with E-state index >= 15 is 0 Å². The Bertz CT molecular complexity index is 2440. The number of nitrogens with zero attached hydrogens (tertiary/aromatic N) is 4. The quantitative estimate of drug-likeness (QED) is 0.0171. The predicted octanol–water partition coefficient (Wildman–Crippen LogP) is 19.7. The van der Waals surface area contributed by atoms with Gasteiger partial charge in [0.15, 0.2) is 23.1 Å². The first-order valence-corrected chi connectivity index (χ1v) is 27.2. The molecule has 0 fully saturated rings. The van der Waals surface area contributed by atoms with Crippen LogP contribution in [0.2, 0.25) is 0 Å². The van der Waals surface area contributed by atoms with Crippen molar-refractivity contribution in [3.8, 4) is 23.0 Å². The van der Waals surface area contributed by atoms with Gasteiger partial charge in [0.2, 0.25) is 0 Å². The first-order valence-electron chi connectivity index (χ1n) is 27.2. The van der Waals surface area contributed by atoms with E-state index in [2.05, 4.69) is 34.3 Å². The Morgan fingerprint density at radius 2 is 0.726 bits per heavy atom. The van der Waals surface area contributed by atoms with Gasteiger partial charge in [-0.1, -0.05) is 161 Å². The molecule has 0 spiro atoms. The Kier molecular flexibility index (Phi) is 27.0. The smallest absolute Gasteiger partial charge is 0.343 e. The van der Waals surface area contributed by atoms with Crippen molar-refractivity contribution < 1.29 is 37.3 Å². The maximum absolute atomic E-state index is 14.8. The third-order valence-electron chi connectivity index (χ3n) is 12.7. The van der Waals surface area contributed by atoms with Gasteiger partial charge in [0.1, 0.15) is 11.5 Å². The minimum absolute atomic E-state index is 0.178. The second kappa shape index (κ2) is 34.2. The molecule has 12 heteroatoms. The van der Waals surface area contributed by atoms with Crippen LogP contribution in [0.4, 0.5) is 31.5 Å². The molecule has 73 heavy (non-hydrogen) atoms. The first-order chi connectivity index (χ1) is 35.7. The fourth-order valence-corrected chi connectivity index (χ4v) is 8.23. The van der Waals surface area contributed by atoms with Crippen LogP contribution < -0.4 is 18.9 Å². The van der Waals surface area contributed by atoms with Gasteiger partial charge in [-0.15, -0.1) is 0 Å². The Morgan fingerprint density at radius 1 is 0.384 bits per heavy atom. The molecule has 5 aromatic rings. The highest BCUT2D eigenvalue weighted by molar-refractivity contribution is 5.92. The zero-order chi connectivity index (χ0) is 51.7. The van der Waals surface area contributed by atoms with Crippen LogP contribution in [0, 0.1) is 18.6 Å². The second-order valence-electron chi connectivity index (χ2n) is 18.9. The molecule has 0 radical (unpaired) electrons. The molecule has 0 amide bonds. The third-order valence-corrected chi connectivity index (χ3v) is 12.7. The average molecular weight is 1000 g/mol. The molecular weight excluding hydrogens is 923 g/mol. The molecule has 392 valence electrons. The normalized spacial score (nSPS) is 11.4. The van der Waals surface area contributed by atoms with E-state index in [9.17, 15) is 18.4 Å². The number of aryl methyl sites for hydroxylation is 1. The lowest BCUT2D eigenvalue weighted by atomic mass is 10.1. The number of unbranched alkanes of at least 4 members (excludes halogenated alkanes) is 22. The number of hydrogen-bond donors (Lipinski definition) is 0. The molecule has 0 heterocycles. The molecule has 0 aliphatic carbocycles. The fourth-order valence-electron chi connectivity index (χ4n) is 8.23. The summed E-state index contributed by atoms with van der Waals surface area (Å²) < 4.78 is 52.3. The van der Waals surface area contributed by atoms with Gasteiger partial charge in [-0.2, -0.15) is 20.5 Å². The molecule has 0 aromatic heterocycles. The number of benzene rings is 5. The van der Waals surface area contributed by atoms with Gasteiger partial charge in [0, 0.05) is 18.2 Å². The van der Waals surface area contributed by atoms with Gasteiger partial charge in [0.05, 0.1) is 47.1 Å². The molecule has 0 saturated carbocycles. The Morgan fingerprint density at radius 3 is 1.11 bits per heavy atom. The Balaban J connectivity index is 0.987. The number of hydrogen-bond acceptors (Lipinski definition) is 10. The zero-order valence-electron chi connectivity index (χ0n) is 43.7. The minimum atomic E-state index is -0.632. The van der Waals surface area contributed by atoms with Crippen molar-refractivity contribution in [3.05, 3.63) is 131 Å². The number of esters is 2. The number of ether oxygens (including phenoxy) is 4. The maximum atomic E-state index is 14.8. The Hall–Kier alpha value is -6.30. The van der Waals surface area contributed by atoms with E-state index in [4.69, 9.17) is 18.9 Å². The summed E-state index contributed by atoms with van der Waals surface area (Å²) in [6.45, 7) is 7.19. The van der Waals surface area contributed by atoms with E-state index in [0.717, 1.165) is 25.7 Å². The van der Waals surface area contributed by atoms with Crippen LogP contribution in [0.15, 0.2) is 124 Å². The van der Waals surface area contributed by atoms with E-state index in [0.29, 0.717) is 41.5 Å². The topological polar surface area (TPSA) is 121 Å². The van der Waals surface area contributed by atoms with Gasteiger partial charge in [-0.05, 0) is 104 Å². The average Bonchev–Trinajstić information content (AvgIpc) is 3.40. The van der Waals surface area contributed by atoms with Crippen molar-refractivity contribution in [2.24, 2.45) is 20.5 Å². The summed E-state index contributed by atoms with van der Waals surface area (Å²) >= 11 is 0. The highest BCUT2D eigenvalue weighted by Crippen LogP contribution is 2.30. The van der Waals surface area contributed by atoms with Crippen LogP contribution in [0.1, 0.15) is 194 Å². The van der Waals surface area contributed by atoms with Crippen LogP contribution in [0.25, 0.3) is 0 Å². The summed E-state index contributed by atoms with van der Waals surface area (Å²) in [5, 5.41) is 16.7. The summed E-state index contributed by atoms with van der Waals surface area (Å²) in [4.78, 5) is 26.2. The van der Waals surface area contributed by atoms with Crippen molar-refractivity contribution in [3.63, 3.8) is 0 Å².